The van der Waals surface area contributed by atoms with Crippen molar-refractivity contribution in [2.45, 2.75) is 121 Å². The Morgan fingerprint density at radius 3 is 1.42 bits per heavy atom. The molecule has 1 aliphatic heterocycles. The zero-order valence-electron chi connectivity index (χ0n) is 42.7. The van der Waals surface area contributed by atoms with Crippen LogP contribution in [-0.2, 0) is 59.6 Å². The molecule has 1 heterocycles. The maximum Gasteiger partial charge on any atom is 0.297 e. The summed E-state index contributed by atoms with van der Waals surface area (Å²) in [5.41, 5.74) is 3.74. The molecule has 1 amide bonds. The molecular formula is C66H99NO9. The van der Waals surface area contributed by atoms with E-state index >= 15 is 0 Å². The molecule has 1 saturated heterocycles. The summed E-state index contributed by atoms with van der Waals surface area (Å²) in [5, 5.41) is 25.7. The summed E-state index contributed by atoms with van der Waals surface area (Å²) in [5.74, 6) is 49.8. The molecule has 1 fully saturated rings. The van der Waals surface area contributed by atoms with Crippen molar-refractivity contribution in [3.05, 3.63) is 144 Å². The van der Waals surface area contributed by atoms with Crippen LogP contribution in [0.3, 0.4) is 0 Å². The normalized spacial score (nSPS) is 16.7. The highest BCUT2D eigenvalue weighted by Crippen LogP contribution is 2.32. The fraction of sp³-hybridized carbons (Fsp3) is 0.318. The maximum absolute atomic E-state index is 13.4. The first-order chi connectivity index (χ1) is 37.4. The van der Waals surface area contributed by atoms with Gasteiger partial charge in [-0.3, -0.25) is 4.79 Å². The number of carbonyl (C=O) groups excluding carboxylic acids is 1. The Hall–Kier alpha value is -8.37. The van der Waals surface area contributed by atoms with Crippen molar-refractivity contribution in [3.8, 4) is 118 Å². The number of benzene rings is 4. The van der Waals surface area contributed by atoms with Gasteiger partial charge in [-0.25, -0.2) is 0 Å². The lowest BCUT2D eigenvalue weighted by Gasteiger charge is -2.46. The van der Waals surface area contributed by atoms with E-state index < -0.39 is 54.9 Å². The molecule has 10 heteroatoms. The van der Waals surface area contributed by atoms with Gasteiger partial charge in [-0.15, -0.1) is 0 Å². The third-order valence-electron chi connectivity index (χ3n) is 11.1. The minimum absolute atomic E-state index is 0. The Balaban J connectivity index is -0.000000229. The Bertz CT molecular complexity index is 3150. The van der Waals surface area contributed by atoms with Gasteiger partial charge >= 0.3 is 0 Å². The average Bonchev–Trinajstić information content (AvgIpc) is 0.905. The van der Waals surface area contributed by atoms with Gasteiger partial charge < -0.3 is 44.0 Å². The topological polar surface area (TPSA) is 125 Å². The molecule has 4 aromatic carbocycles. The molecule has 8 atom stereocenters. The van der Waals surface area contributed by atoms with Gasteiger partial charge in [0, 0.05) is 46.3 Å². The molecular weight excluding hydrogens is 951 g/mol. The monoisotopic (exact) mass is 1050 g/mol. The molecule has 0 saturated carbocycles. The second-order valence-electron chi connectivity index (χ2n) is 16.8. The molecule has 10 nitrogen and oxygen atoms in total. The fourth-order valence-corrected chi connectivity index (χ4v) is 7.38. The van der Waals surface area contributed by atoms with Crippen LogP contribution in [0.5, 0.6) is 0 Å². The van der Waals surface area contributed by atoms with Gasteiger partial charge in [0.25, 0.3) is 5.91 Å². The quantitative estimate of drug-likeness (QED) is 0.0465. The summed E-state index contributed by atoms with van der Waals surface area (Å²) < 4.78 is 40.2. The molecule has 0 aromatic heterocycles. The zero-order valence-corrected chi connectivity index (χ0v) is 42.7. The molecule has 0 bridgehead atoms. The van der Waals surface area contributed by atoms with E-state index in [0.29, 0.717) is 19.4 Å². The van der Waals surface area contributed by atoms with Crippen LogP contribution in [0.2, 0.25) is 0 Å². The number of nitrogens with one attached hydrogen (secondary N) is 1. The van der Waals surface area contributed by atoms with Crippen molar-refractivity contribution < 1.29 is 72.0 Å². The molecule has 422 valence electrons. The van der Waals surface area contributed by atoms with E-state index in [1.54, 1.807) is 6.92 Å². The van der Waals surface area contributed by atoms with E-state index in [1.807, 2.05) is 121 Å². The summed E-state index contributed by atoms with van der Waals surface area (Å²) in [6.45, 7) is 4.45. The highest BCUT2D eigenvalue weighted by molar-refractivity contribution is 5.94. The number of rotatable bonds is 24. The predicted molar refractivity (Wildman–Crippen MR) is 334 cm³/mol. The number of aliphatic hydroxyl groups excluding tert-OH is 2. The summed E-state index contributed by atoms with van der Waals surface area (Å²) >= 11 is 0. The summed E-state index contributed by atoms with van der Waals surface area (Å²) in [6.07, 6.45) is -3.22. The van der Waals surface area contributed by atoms with Gasteiger partial charge in [0.05, 0.1) is 51.8 Å². The molecule has 0 spiro atoms. The molecule has 3 N–H and O–H groups in total. The van der Waals surface area contributed by atoms with Crippen LogP contribution in [0.15, 0.2) is 121 Å². The SMILES string of the molecule is CC#CC#CC#CC#CC#CC#CC#CC#CC#CC#CC(=O)N[C@@H](COC1OC(COCc2ccccc2)C(OCc2ccccc2)C(OCc2ccccc2)C1OCc1ccccc1)[C@H](O)[C@H](O)CCCCCC.[HH].[HH].[HH].[HH].[HH].[HH].[HH].[HH].[HH].[HH].[HH].[HH].[HH].[HH].[HH].[HH].[HH].[HH].[HH].[HH]. The zero-order chi connectivity index (χ0) is 53.5. The lowest BCUT2D eigenvalue weighted by molar-refractivity contribution is -0.329. The highest BCUT2D eigenvalue weighted by atomic mass is 16.7. The molecule has 0 aliphatic carbocycles. The second-order valence-corrected chi connectivity index (χ2v) is 16.8. The number of carbonyl (C=O) groups is 1. The number of hydrogen-bond acceptors (Lipinski definition) is 9. The lowest BCUT2D eigenvalue weighted by atomic mass is 9.97. The Morgan fingerprint density at radius 2 is 0.961 bits per heavy atom. The van der Waals surface area contributed by atoms with Crippen molar-refractivity contribution in [3.63, 3.8) is 0 Å². The van der Waals surface area contributed by atoms with E-state index in [-0.39, 0.29) is 61.6 Å². The first-order valence-corrected chi connectivity index (χ1v) is 24.9. The van der Waals surface area contributed by atoms with Gasteiger partial charge in [-0.2, -0.15) is 0 Å². The van der Waals surface area contributed by atoms with E-state index in [0.717, 1.165) is 41.5 Å². The van der Waals surface area contributed by atoms with Gasteiger partial charge in [0.2, 0.25) is 0 Å². The van der Waals surface area contributed by atoms with Crippen LogP contribution in [0.25, 0.3) is 0 Å². The number of ether oxygens (including phenoxy) is 6. The molecule has 5 rings (SSSR count). The average molecular weight is 1050 g/mol. The van der Waals surface area contributed by atoms with E-state index in [2.05, 4.69) is 131 Å². The second kappa shape index (κ2) is 36.5. The summed E-state index contributed by atoms with van der Waals surface area (Å²) in [4.78, 5) is 13.4. The largest absolute Gasteiger partial charge is 0.390 e. The Kier molecular flexibility index (Phi) is 28.1. The first-order valence-electron chi connectivity index (χ1n) is 24.9. The van der Waals surface area contributed by atoms with Crippen molar-refractivity contribution >= 4 is 5.91 Å². The Labute approximate surface area is 479 Å². The van der Waals surface area contributed by atoms with Crippen molar-refractivity contribution in [1.82, 2.24) is 5.32 Å². The van der Waals surface area contributed by atoms with Crippen molar-refractivity contribution in [2.75, 3.05) is 13.2 Å². The predicted octanol–water partition coefficient (Wildman–Crippen LogP) is 11.9. The van der Waals surface area contributed by atoms with Gasteiger partial charge in [0.1, 0.15) is 30.5 Å². The van der Waals surface area contributed by atoms with Crippen molar-refractivity contribution in [1.29, 1.82) is 0 Å². The smallest absolute Gasteiger partial charge is 0.297 e. The molecule has 1 aliphatic rings. The van der Waals surface area contributed by atoms with Crippen LogP contribution in [0, 0.1) is 118 Å². The summed E-state index contributed by atoms with van der Waals surface area (Å²) in [6, 6.07) is 37.9. The van der Waals surface area contributed by atoms with E-state index in [9.17, 15) is 15.0 Å². The standard InChI is InChI=1S/C66H59NO9.20H2/c1-3-5-7-9-10-11-12-13-14-15-16-17-18-19-20-21-22-23-37-47-61(69)67-58(62(70)59(68)46-36-8-6-4-2)52-75-66-65(74-51-57-44-34-27-35-45-57)64(73-50-56-42-32-26-33-43-56)63(72-49-55-40-30-25-31-41-55)60(76-66)53-71-48-54-38-28-24-29-39-54;;;;;;;;;;;;;;;;;;;;/h24-35,38-45,58-60,62-66,68,70H,4,6,8,36,46,48-53H2,1-2H3,(H,67,69);20*1H/t58-,59+,60?,62-,63?,64?,65?,66?;;;;;;;;;;;;;;;;;;;;/m0..................../s1. The van der Waals surface area contributed by atoms with Crippen LogP contribution in [0.4, 0.5) is 0 Å². The van der Waals surface area contributed by atoms with Crippen molar-refractivity contribution in [2.24, 2.45) is 0 Å². The van der Waals surface area contributed by atoms with E-state index in [1.165, 1.54) is 0 Å². The minimum Gasteiger partial charge on any atom is -0.390 e. The van der Waals surface area contributed by atoms with Crippen LogP contribution in [0.1, 0.15) is 96.7 Å². The number of hydrogen-bond donors (Lipinski definition) is 3. The van der Waals surface area contributed by atoms with Gasteiger partial charge in [-0.1, -0.05) is 160 Å². The first kappa shape index (κ1) is 58.5. The number of aliphatic hydroxyl groups is 2. The van der Waals surface area contributed by atoms with Crippen LogP contribution < -0.4 is 5.32 Å². The molecule has 0 radical (unpaired) electrons. The molecule has 5 unspecified atom stereocenters. The third-order valence-corrected chi connectivity index (χ3v) is 11.1. The fourth-order valence-electron chi connectivity index (χ4n) is 7.38. The highest BCUT2D eigenvalue weighted by Gasteiger charge is 2.49. The van der Waals surface area contributed by atoms with E-state index in [4.69, 9.17) is 28.4 Å². The molecule has 4 aromatic rings. The molecule has 76 heavy (non-hydrogen) atoms. The third kappa shape index (κ3) is 23.2. The number of amides is 1. The van der Waals surface area contributed by atoms with Gasteiger partial charge in [-0.05, 0) is 130 Å². The van der Waals surface area contributed by atoms with Gasteiger partial charge in [0.15, 0.2) is 6.29 Å². The number of unbranched alkanes of at least 4 members (excludes halogenated alkanes) is 3. The van der Waals surface area contributed by atoms with Crippen LogP contribution in [-0.4, -0.2) is 78.3 Å². The Morgan fingerprint density at radius 1 is 0.539 bits per heavy atom. The van der Waals surface area contributed by atoms with Crippen LogP contribution >= 0.6 is 0 Å². The maximum atomic E-state index is 13.4. The summed E-state index contributed by atoms with van der Waals surface area (Å²) in [7, 11) is 0. The lowest BCUT2D eigenvalue weighted by Crippen LogP contribution is -2.62. The minimum atomic E-state index is -1.46.